The fourth-order valence-corrected chi connectivity index (χ4v) is 4.33. The van der Waals surface area contributed by atoms with E-state index in [1.54, 1.807) is 0 Å². The van der Waals surface area contributed by atoms with Crippen molar-refractivity contribution in [3.05, 3.63) is 127 Å². The Morgan fingerprint density at radius 3 is 2.25 bits per heavy atom. The zero-order chi connectivity index (χ0) is 41.9. The largest absolute Gasteiger partial charge is 0.456 e. The molecule has 2 heterocycles. The number of ether oxygens (including phenoxy) is 1. The summed E-state index contributed by atoms with van der Waals surface area (Å²) in [6.07, 6.45) is 0. The minimum Gasteiger partial charge on any atom is -0.456 e. The Balaban J connectivity index is 1.66. The zero-order valence-corrected chi connectivity index (χ0v) is 17.9. The van der Waals surface area contributed by atoms with Crippen LogP contribution >= 0.6 is 0 Å². The molecule has 0 spiro atoms. The van der Waals surface area contributed by atoms with Gasteiger partial charge in [-0.25, -0.2) is 0 Å². The molecule has 1 aromatic heterocycles. The molecule has 0 saturated carbocycles. The highest BCUT2D eigenvalue weighted by molar-refractivity contribution is 6.11. The first-order valence-corrected chi connectivity index (χ1v) is 10.6. The van der Waals surface area contributed by atoms with Gasteiger partial charge in [-0.1, -0.05) is 72.5 Å². The zero-order valence-electron chi connectivity index (χ0n) is 38.9. The van der Waals surface area contributed by atoms with Gasteiger partial charge in [-0.05, 0) is 76.5 Å². The molecule has 2 heteroatoms. The summed E-state index contributed by atoms with van der Waals surface area (Å²) < 4.78 is 190. The number of hydrogen-bond acceptors (Lipinski definition) is 1. The molecule has 0 aliphatic carbocycles. The molecule has 2 nitrogen and oxygen atoms in total. The van der Waals surface area contributed by atoms with Crippen LogP contribution in [0.15, 0.2) is 127 Å². The van der Waals surface area contributed by atoms with Gasteiger partial charge in [0.25, 0.3) is 0 Å². The molecule has 7 aromatic rings. The van der Waals surface area contributed by atoms with Gasteiger partial charge in [0.1, 0.15) is 11.5 Å². The van der Waals surface area contributed by atoms with Gasteiger partial charge < -0.3 is 9.30 Å². The van der Waals surface area contributed by atoms with Gasteiger partial charge in [0.2, 0.25) is 0 Å². The van der Waals surface area contributed by atoms with Crippen molar-refractivity contribution in [2.45, 2.75) is 0 Å². The molecule has 168 valence electrons. The Hall–Kier alpha value is -4.82. The summed E-state index contributed by atoms with van der Waals surface area (Å²) in [6.45, 7) is 0. The lowest BCUT2D eigenvalue weighted by Crippen LogP contribution is -1.97. The first kappa shape index (κ1) is 8.11. The van der Waals surface area contributed by atoms with E-state index in [4.69, 9.17) is 26.7 Å². The van der Waals surface area contributed by atoms with Crippen molar-refractivity contribution in [3.8, 4) is 39.4 Å². The van der Waals surface area contributed by atoms with Gasteiger partial charge >= 0.3 is 0 Å². The average Bonchev–Trinajstić information content (AvgIpc) is 3.53. The molecule has 0 amide bonds. The van der Waals surface area contributed by atoms with Crippen LogP contribution in [0.4, 0.5) is 0 Å². The molecular weight excluding hydrogens is 438 g/mol. The standard InChI is InChI=1S/C34H21NO/c1-2-10-25(11-3-1)35-30-14-6-4-12-26(30)28-20-22(17-18-31(28)35)24-19-23-9-8-16-33-34(23)29(21-24)27-13-5-7-15-32(27)36-33/h1-21H/i1D,2D,3D,4D,5D,6D,7D,8D,9D,10D,11D,12D,13D,14D,15D,16D,17D,18D,19D,20D,21D. The summed E-state index contributed by atoms with van der Waals surface area (Å²) in [4.78, 5) is 0. The fraction of sp³-hybridized carbons (Fsp3) is 0. The topological polar surface area (TPSA) is 14.2 Å². The van der Waals surface area contributed by atoms with Crippen LogP contribution < -0.4 is 4.74 Å². The molecule has 0 unspecified atom stereocenters. The van der Waals surface area contributed by atoms with Crippen molar-refractivity contribution in [3.63, 3.8) is 0 Å². The number of rotatable bonds is 2. The van der Waals surface area contributed by atoms with Crippen LogP contribution in [0.2, 0.25) is 0 Å². The molecule has 6 aromatic carbocycles. The Bertz CT molecular complexity index is 3090. The molecule has 0 bridgehead atoms. The normalized spacial score (nSPS) is 20.3. The van der Waals surface area contributed by atoms with Crippen LogP contribution in [0, 0.1) is 0 Å². The smallest absolute Gasteiger partial charge is 0.135 e. The van der Waals surface area contributed by atoms with E-state index in [1.165, 1.54) is 0 Å². The number of para-hydroxylation sites is 3. The van der Waals surface area contributed by atoms with E-state index in [0.29, 0.717) is 0 Å². The molecule has 0 fully saturated rings. The summed E-state index contributed by atoms with van der Waals surface area (Å²) in [5.74, 6) is -1.03. The highest BCUT2D eigenvalue weighted by Gasteiger charge is 2.21. The van der Waals surface area contributed by atoms with Crippen LogP contribution in [0.3, 0.4) is 0 Å². The number of aromatic nitrogens is 1. The Labute approximate surface area is 238 Å². The molecule has 0 radical (unpaired) electrons. The average molecular weight is 481 g/mol. The Morgan fingerprint density at radius 1 is 0.528 bits per heavy atom. The Kier molecular flexibility index (Phi) is 1.65. The predicted octanol–water partition coefficient (Wildman–Crippen LogP) is 9.38. The van der Waals surface area contributed by atoms with Crippen molar-refractivity contribution >= 4 is 32.6 Å². The second-order valence-electron chi connectivity index (χ2n) is 7.77. The molecule has 36 heavy (non-hydrogen) atoms. The van der Waals surface area contributed by atoms with Gasteiger partial charge in [0.15, 0.2) is 0 Å². The molecule has 0 saturated heterocycles. The van der Waals surface area contributed by atoms with E-state index in [1.807, 2.05) is 0 Å². The van der Waals surface area contributed by atoms with Gasteiger partial charge in [0.05, 0.1) is 39.8 Å². The monoisotopic (exact) mass is 480 g/mol. The van der Waals surface area contributed by atoms with Crippen molar-refractivity contribution in [1.29, 1.82) is 0 Å². The van der Waals surface area contributed by atoms with Gasteiger partial charge in [-0.2, -0.15) is 0 Å². The number of nitrogens with zero attached hydrogens (tertiary/aromatic N) is 1. The lowest BCUT2D eigenvalue weighted by atomic mass is 9.90. The van der Waals surface area contributed by atoms with E-state index in [0.717, 1.165) is 4.57 Å². The maximum atomic E-state index is 9.59. The molecule has 1 aliphatic heterocycles. The summed E-state index contributed by atoms with van der Waals surface area (Å²) >= 11 is 0. The van der Waals surface area contributed by atoms with E-state index >= 15 is 0 Å². The number of fused-ring (bicyclic) bond motifs is 5. The van der Waals surface area contributed by atoms with Crippen molar-refractivity contribution in [2.24, 2.45) is 0 Å². The number of hydrogen-bond donors (Lipinski definition) is 0. The van der Waals surface area contributed by atoms with Crippen LogP contribution in [0.1, 0.15) is 28.8 Å². The highest BCUT2D eigenvalue weighted by atomic mass is 16.5. The van der Waals surface area contributed by atoms with Crippen LogP contribution in [-0.2, 0) is 0 Å². The molecular formula is C34H21NO. The fourth-order valence-electron chi connectivity index (χ4n) is 4.33. The lowest BCUT2D eigenvalue weighted by molar-refractivity contribution is 0.487. The van der Waals surface area contributed by atoms with E-state index < -0.39 is 194 Å². The van der Waals surface area contributed by atoms with Gasteiger partial charge in [0, 0.05) is 27.4 Å². The summed E-state index contributed by atoms with van der Waals surface area (Å²) in [5, 5.41) is -1.72. The second kappa shape index (κ2) is 7.34. The van der Waals surface area contributed by atoms with Crippen molar-refractivity contribution in [2.75, 3.05) is 0 Å². The first-order chi connectivity index (χ1) is 26.6. The van der Waals surface area contributed by atoms with E-state index in [9.17, 15) is 6.85 Å². The minimum atomic E-state index is -0.912. The lowest BCUT2D eigenvalue weighted by Gasteiger charge is -2.22. The second-order valence-corrected chi connectivity index (χ2v) is 7.77. The van der Waals surface area contributed by atoms with Crippen LogP contribution in [-0.4, -0.2) is 4.57 Å². The SMILES string of the molecule is [2H]c1c([2H])c([2H])c(-n2c3c([2H])c([2H])c([2H])c([2H])c3c3c([2H])c(-c4c([2H])c5c6c(c([2H])c([2H])c([2H])c6c4[2H])Oc4c([2H])c([2H])c([2H])c([2H])c4-5)c([2H])c([2H])c32)c([2H])c1[2H]. The predicted molar refractivity (Wildman–Crippen MR) is 149 cm³/mol. The molecule has 1 aliphatic rings. The maximum Gasteiger partial charge on any atom is 0.135 e. The third kappa shape index (κ3) is 2.73. The minimum absolute atomic E-state index is 0.297. The van der Waals surface area contributed by atoms with Crippen molar-refractivity contribution in [1.82, 2.24) is 4.57 Å². The van der Waals surface area contributed by atoms with Crippen LogP contribution in [0.5, 0.6) is 11.5 Å². The molecule has 8 rings (SSSR count). The third-order valence-electron chi connectivity index (χ3n) is 5.82. The third-order valence-corrected chi connectivity index (χ3v) is 5.82. The summed E-state index contributed by atoms with van der Waals surface area (Å²) in [6, 6.07) is -16.6. The highest BCUT2D eigenvalue weighted by Crippen LogP contribution is 2.48. The number of benzene rings is 6. The van der Waals surface area contributed by atoms with Gasteiger partial charge in [-0.3, -0.25) is 0 Å². The summed E-state index contributed by atoms with van der Waals surface area (Å²) in [7, 11) is 0. The van der Waals surface area contributed by atoms with Crippen molar-refractivity contribution < 1.29 is 33.5 Å². The molecule has 0 N–H and O–H groups in total. The van der Waals surface area contributed by atoms with Gasteiger partial charge in [-0.15, -0.1) is 0 Å². The summed E-state index contributed by atoms with van der Waals surface area (Å²) in [5.41, 5.74) is -3.85. The van der Waals surface area contributed by atoms with E-state index in [2.05, 4.69) is 0 Å². The van der Waals surface area contributed by atoms with E-state index in [-0.39, 0.29) is 5.39 Å². The van der Waals surface area contributed by atoms with Crippen LogP contribution in [0.25, 0.3) is 60.5 Å². The maximum absolute atomic E-state index is 9.59. The Morgan fingerprint density at radius 2 is 1.31 bits per heavy atom. The quantitative estimate of drug-likeness (QED) is 0.240. The molecule has 0 atom stereocenters. The first-order valence-electron chi connectivity index (χ1n) is 21.1.